The Morgan fingerprint density at radius 1 is 1.39 bits per heavy atom. The molecule has 31 heavy (non-hydrogen) atoms. The number of aromatic nitrogens is 2. The van der Waals surface area contributed by atoms with Crippen molar-refractivity contribution in [2.75, 3.05) is 24.9 Å². The number of amides is 1. The van der Waals surface area contributed by atoms with Gasteiger partial charge in [-0.05, 0) is 12.5 Å². The molecule has 14 heteroatoms. The molecule has 1 aliphatic rings. The third kappa shape index (κ3) is 5.92. The lowest BCUT2D eigenvalue weighted by Gasteiger charge is -2.18. The molecule has 168 valence electrons. The molecule has 1 aliphatic heterocycles. The van der Waals surface area contributed by atoms with Crippen molar-refractivity contribution < 1.29 is 31.8 Å². The minimum atomic E-state index is -4.02. The highest BCUT2D eigenvalue weighted by Crippen LogP contribution is 2.26. The van der Waals surface area contributed by atoms with Gasteiger partial charge in [0.05, 0.1) is 7.11 Å². The molecular formula is C17H19F2N5O5S2. The van der Waals surface area contributed by atoms with Crippen LogP contribution in [0, 0.1) is 11.6 Å². The number of halogens is 2. The molecule has 1 fully saturated rings. The molecule has 2 heterocycles. The number of thioether (sulfide) groups is 1. The summed E-state index contributed by atoms with van der Waals surface area (Å²) in [5.41, 5.74) is 0.104. The number of anilines is 1. The van der Waals surface area contributed by atoms with Gasteiger partial charge in [-0.3, -0.25) is 4.72 Å². The minimum Gasteiger partial charge on any atom is -0.481 e. The van der Waals surface area contributed by atoms with E-state index < -0.39 is 34.0 Å². The van der Waals surface area contributed by atoms with Crippen LogP contribution in [0.4, 0.5) is 19.4 Å². The summed E-state index contributed by atoms with van der Waals surface area (Å²) in [5, 5.41) is 11.1. The quantitative estimate of drug-likeness (QED) is 0.390. The van der Waals surface area contributed by atoms with Crippen molar-refractivity contribution in [3.8, 4) is 5.88 Å². The van der Waals surface area contributed by atoms with Gasteiger partial charge in [-0.1, -0.05) is 23.9 Å². The van der Waals surface area contributed by atoms with Crippen LogP contribution in [0.2, 0.25) is 0 Å². The lowest BCUT2D eigenvalue weighted by Crippen LogP contribution is -2.39. The van der Waals surface area contributed by atoms with Crippen LogP contribution in [0.15, 0.2) is 29.4 Å². The van der Waals surface area contributed by atoms with E-state index in [1.54, 1.807) is 0 Å². The summed E-state index contributed by atoms with van der Waals surface area (Å²) in [4.78, 5) is 18.9. The number of hydrogen-bond donors (Lipinski definition) is 3. The normalized spacial score (nSPS) is 16.8. The number of hydrogen-bond acceptors (Lipinski definition) is 7. The molecule has 0 radical (unpaired) electrons. The summed E-state index contributed by atoms with van der Waals surface area (Å²) >= 11 is 0.973. The Morgan fingerprint density at radius 2 is 2.16 bits per heavy atom. The number of methoxy groups -OCH3 is 1. The Labute approximate surface area is 181 Å². The number of ether oxygens (including phenoxy) is 1. The lowest BCUT2D eigenvalue weighted by atomic mass is 10.2. The Morgan fingerprint density at radius 3 is 2.87 bits per heavy atom. The summed E-state index contributed by atoms with van der Waals surface area (Å²) in [6.45, 7) is 0.104. The maximum absolute atomic E-state index is 13.8. The predicted molar refractivity (Wildman–Crippen MR) is 108 cm³/mol. The first-order chi connectivity index (χ1) is 14.7. The van der Waals surface area contributed by atoms with Crippen molar-refractivity contribution in [2.45, 2.75) is 23.4 Å². The highest BCUT2D eigenvalue weighted by Gasteiger charge is 2.32. The molecular weight excluding hydrogens is 456 g/mol. The highest BCUT2D eigenvalue weighted by molar-refractivity contribution is 7.98. The molecule has 0 bridgehead atoms. The third-order valence-corrected chi connectivity index (χ3v) is 6.71. The van der Waals surface area contributed by atoms with Crippen molar-refractivity contribution in [1.29, 1.82) is 0 Å². The van der Waals surface area contributed by atoms with Gasteiger partial charge in [-0.25, -0.2) is 18.6 Å². The van der Waals surface area contributed by atoms with Gasteiger partial charge in [0.2, 0.25) is 5.88 Å². The van der Waals surface area contributed by atoms with Gasteiger partial charge in [-0.2, -0.15) is 17.7 Å². The molecule has 0 saturated carbocycles. The lowest BCUT2D eigenvalue weighted by molar-refractivity contribution is 0.190. The highest BCUT2D eigenvalue weighted by atomic mass is 32.2. The third-order valence-electron chi connectivity index (χ3n) is 4.33. The molecule has 3 rings (SSSR count). The standard InChI is InChI=1S/C17H19F2N5O5S2/c1-29-14-7-13(23-31(27,28)24-6-5-11(8-24)20-17(25)26)21-16(22-14)30-9-10-3-2-4-12(18)15(10)19/h2-4,7,11,20H,5-6,8-9H2,1H3,(H,25,26)(H,21,22,23)/t11-/m0/s1. The summed E-state index contributed by atoms with van der Waals surface area (Å²) < 4.78 is 61.0. The molecule has 3 N–H and O–H groups in total. The first kappa shape index (κ1) is 23.0. The van der Waals surface area contributed by atoms with Crippen LogP contribution in [0.5, 0.6) is 5.88 Å². The number of nitrogens with zero attached hydrogens (tertiary/aromatic N) is 3. The SMILES string of the molecule is COc1cc(NS(=O)(=O)N2CC[C@H](NC(=O)O)C2)nc(SCc2cccc(F)c2F)n1. The number of rotatable bonds is 8. The zero-order valence-electron chi connectivity index (χ0n) is 16.2. The van der Waals surface area contributed by atoms with Crippen molar-refractivity contribution in [3.63, 3.8) is 0 Å². The van der Waals surface area contributed by atoms with E-state index >= 15 is 0 Å². The summed E-state index contributed by atoms with van der Waals surface area (Å²) in [5.74, 6) is -1.94. The van der Waals surface area contributed by atoms with Crippen molar-refractivity contribution in [1.82, 2.24) is 19.6 Å². The second-order valence-corrected chi connectivity index (χ2v) is 9.09. The van der Waals surface area contributed by atoms with E-state index in [1.165, 1.54) is 25.3 Å². The average molecular weight is 475 g/mol. The summed E-state index contributed by atoms with van der Waals surface area (Å²) in [7, 11) is -2.68. The molecule has 0 unspecified atom stereocenters. The number of nitrogens with one attached hydrogen (secondary N) is 2. The smallest absolute Gasteiger partial charge is 0.404 e. The van der Waals surface area contributed by atoms with E-state index in [-0.39, 0.29) is 41.3 Å². The summed E-state index contributed by atoms with van der Waals surface area (Å²) in [6.07, 6.45) is -0.894. The van der Waals surface area contributed by atoms with Crippen LogP contribution >= 0.6 is 11.8 Å². The van der Waals surface area contributed by atoms with Crippen LogP contribution in [-0.4, -0.2) is 60.1 Å². The molecule has 0 aliphatic carbocycles. The van der Waals surface area contributed by atoms with Crippen LogP contribution in [0.25, 0.3) is 0 Å². The molecule has 1 aromatic carbocycles. The van der Waals surface area contributed by atoms with Crippen molar-refractivity contribution in [2.24, 2.45) is 0 Å². The van der Waals surface area contributed by atoms with Gasteiger partial charge >= 0.3 is 16.3 Å². The van der Waals surface area contributed by atoms with Crippen LogP contribution in [0.1, 0.15) is 12.0 Å². The van der Waals surface area contributed by atoms with Gasteiger partial charge in [-0.15, -0.1) is 0 Å². The Hall–Kier alpha value is -2.71. The topological polar surface area (TPSA) is 134 Å². The van der Waals surface area contributed by atoms with Crippen molar-refractivity contribution in [3.05, 3.63) is 41.5 Å². The molecule has 1 saturated heterocycles. The molecule has 0 spiro atoms. The Bertz CT molecular complexity index is 1070. The fraction of sp³-hybridized carbons (Fsp3) is 0.353. The number of carboxylic acid groups (broad SMARTS) is 1. The zero-order valence-corrected chi connectivity index (χ0v) is 17.8. The predicted octanol–water partition coefficient (Wildman–Crippen LogP) is 2.05. The van der Waals surface area contributed by atoms with Crippen LogP contribution < -0.4 is 14.8 Å². The minimum absolute atomic E-state index is 0.0115. The largest absolute Gasteiger partial charge is 0.481 e. The number of benzene rings is 1. The van der Waals surface area contributed by atoms with Crippen molar-refractivity contribution >= 4 is 33.9 Å². The van der Waals surface area contributed by atoms with E-state index in [2.05, 4.69) is 20.0 Å². The van der Waals surface area contributed by atoms with E-state index in [9.17, 15) is 22.0 Å². The first-order valence-corrected chi connectivity index (χ1v) is 11.4. The monoisotopic (exact) mass is 475 g/mol. The second-order valence-electron chi connectivity index (χ2n) is 6.48. The summed E-state index contributed by atoms with van der Waals surface area (Å²) in [6, 6.07) is 4.56. The molecule has 1 atom stereocenters. The number of carbonyl (C=O) groups is 1. The fourth-order valence-corrected chi connectivity index (χ4v) is 4.91. The molecule has 10 nitrogen and oxygen atoms in total. The van der Waals surface area contributed by atoms with E-state index in [1.807, 2.05) is 0 Å². The van der Waals surface area contributed by atoms with Crippen LogP contribution in [-0.2, 0) is 16.0 Å². The van der Waals surface area contributed by atoms with Gasteiger partial charge in [0, 0.05) is 36.5 Å². The molecule has 1 amide bonds. The van der Waals surface area contributed by atoms with E-state index in [4.69, 9.17) is 9.84 Å². The van der Waals surface area contributed by atoms with Gasteiger partial charge < -0.3 is 15.2 Å². The average Bonchev–Trinajstić information content (AvgIpc) is 3.17. The van der Waals surface area contributed by atoms with E-state index in [0.717, 1.165) is 22.1 Å². The van der Waals surface area contributed by atoms with Gasteiger partial charge in [0.1, 0.15) is 5.82 Å². The van der Waals surface area contributed by atoms with Crippen LogP contribution in [0.3, 0.4) is 0 Å². The van der Waals surface area contributed by atoms with Gasteiger partial charge in [0.15, 0.2) is 16.8 Å². The maximum atomic E-state index is 13.8. The van der Waals surface area contributed by atoms with Gasteiger partial charge in [0.25, 0.3) is 0 Å². The Kier molecular flexibility index (Phi) is 7.12. The molecule has 2 aromatic rings. The fourth-order valence-electron chi connectivity index (χ4n) is 2.86. The second kappa shape index (κ2) is 9.62. The maximum Gasteiger partial charge on any atom is 0.404 e. The Balaban J connectivity index is 1.73. The zero-order chi connectivity index (χ0) is 22.6. The molecule has 1 aromatic heterocycles. The van der Waals surface area contributed by atoms with E-state index in [0.29, 0.717) is 6.42 Å². The first-order valence-electron chi connectivity index (χ1n) is 8.94.